The van der Waals surface area contributed by atoms with E-state index >= 15 is 0 Å². The van der Waals surface area contributed by atoms with Crippen LogP contribution in [0.3, 0.4) is 0 Å². The number of piperidine rings is 1. The Morgan fingerprint density at radius 2 is 2.60 bits per heavy atom. The molecule has 3 nitrogen and oxygen atoms in total. The normalized spacial score (nSPS) is 38.4. The Morgan fingerprint density at radius 1 is 1.60 bits per heavy atom. The first kappa shape index (κ1) is 6.16. The van der Waals surface area contributed by atoms with Crippen LogP contribution < -0.4 is 5.32 Å². The number of rotatable bonds is 0. The minimum Gasteiger partial charge on any atom is -0.481 e. The molecule has 1 fully saturated rings. The molecular weight excluding hydrogens is 128 g/mol. The van der Waals surface area contributed by atoms with E-state index < -0.39 is 0 Å². The molecule has 1 N–H and O–H groups in total. The molecule has 1 unspecified atom stereocenters. The van der Waals surface area contributed by atoms with E-state index in [9.17, 15) is 0 Å². The Bertz CT molecular complexity index is 150. The Hall–Kier alpha value is -0.570. The molecule has 0 bridgehead atoms. The zero-order chi connectivity index (χ0) is 6.86. The molecule has 10 heavy (non-hydrogen) atoms. The van der Waals surface area contributed by atoms with Gasteiger partial charge < -0.3 is 10.1 Å². The topological polar surface area (TPSA) is 33.6 Å². The molecule has 1 spiro atoms. The van der Waals surface area contributed by atoms with Crippen LogP contribution in [0.1, 0.15) is 12.8 Å². The minimum atomic E-state index is 0.109. The van der Waals surface area contributed by atoms with Gasteiger partial charge in [-0.1, -0.05) is 0 Å². The molecule has 1 saturated heterocycles. The van der Waals surface area contributed by atoms with Gasteiger partial charge in [-0.25, -0.2) is 4.99 Å². The summed E-state index contributed by atoms with van der Waals surface area (Å²) in [6, 6.07) is 0. The van der Waals surface area contributed by atoms with Gasteiger partial charge in [-0.3, -0.25) is 0 Å². The van der Waals surface area contributed by atoms with Crippen LogP contribution in [-0.2, 0) is 4.74 Å². The molecule has 2 aliphatic rings. The molecule has 2 rings (SSSR count). The molecule has 0 aromatic heterocycles. The second kappa shape index (κ2) is 2.23. The van der Waals surface area contributed by atoms with Gasteiger partial charge in [0.2, 0.25) is 0 Å². The summed E-state index contributed by atoms with van der Waals surface area (Å²) in [4.78, 5) is 4.32. The van der Waals surface area contributed by atoms with Crippen LogP contribution in [0.25, 0.3) is 0 Å². The highest BCUT2D eigenvalue weighted by atomic mass is 16.5. The van der Waals surface area contributed by atoms with Gasteiger partial charge in [-0.2, -0.15) is 0 Å². The third kappa shape index (κ3) is 0.904. The highest BCUT2D eigenvalue weighted by Gasteiger charge is 2.34. The van der Waals surface area contributed by atoms with Gasteiger partial charge in [0.25, 0.3) is 0 Å². The van der Waals surface area contributed by atoms with Crippen LogP contribution >= 0.6 is 0 Å². The van der Waals surface area contributed by atoms with Crippen molar-refractivity contribution in [1.82, 2.24) is 5.32 Å². The average Bonchev–Trinajstić information content (AvgIpc) is 2.39. The molecule has 0 aromatic rings. The van der Waals surface area contributed by atoms with Crippen molar-refractivity contribution < 1.29 is 4.74 Å². The maximum Gasteiger partial charge on any atom is 0.170 e. The van der Waals surface area contributed by atoms with Crippen LogP contribution in [0.4, 0.5) is 0 Å². The van der Waals surface area contributed by atoms with E-state index in [0.29, 0.717) is 0 Å². The number of nitrogens with zero attached hydrogens (tertiary/aromatic N) is 1. The van der Waals surface area contributed by atoms with Crippen LogP contribution in [0.5, 0.6) is 0 Å². The first-order chi connectivity index (χ1) is 4.91. The molecule has 2 aliphatic heterocycles. The molecule has 0 saturated carbocycles. The summed E-state index contributed by atoms with van der Waals surface area (Å²) in [5, 5.41) is 3.32. The van der Waals surface area contributed by atoms with Crippen LogP contribution in [-0.4, -0.2) is 31.6 Å². The van der Waals surface area contributed by atoms with Gasteiger partial charge in [-0.15, -0.1) is 0 Å². The van der Waals surface area contributed by atoms with Crippen LogP contribution in [0.15, 0.2) is 4.99 Å². The average molecular weight is 140 g/mol. The van der Waals surface area contributed by atoms with E-state index in [-0.39, 0.29) is 5.54 Å². The van der Waals surface area contributed by atoms with Crippen molar-refractivity contribution in [1.29, 1.82) is 0 Å². The number of aliphatic imine (C=N–C) groups is 1. The predicted octanol–water partition coefficient (Wildman–Crippen LogP) is 0.167. The van der Waals surface area contributed by atoms with E-state index in [1.54, 1.807) is 6.40 Å². The van der Waals surface area contributed by atoms with Crippen molar-refractivity contribution in [2.45, 2.75) is 18.4 Å². The number of hydrogen-bond donors (Lipinski definition) is 1. The summed E-state index contributed by atoms with van der Waals surface area (Å²) in [5.41, 5.74) is 0.109. The monoisotopic (exact) mass is 140 g/mol. The van der Waals surface area contributed by atoms with Crippen LogP contribution in [0, 0.1) is 0 Å². The Kier molecular flexibility index (Phi) is 1.38. The standard InChI is InChI=1S/C7H12N2O/c1-2-7(4-8-3-1)5-10-6-9-7/h6,8H,1-5H2. The lowest BCUT2D eigenvalue weighted by Gasteiger charge is -2.28. The molecular formula is C7H12N2O. The maximum absolute atomic E-state index is 5.11. The first-order valence-corrected chi connectivity index (χ1v) is 3.77. The molecule has 1 atom stereocenters. The molecule has 3 heteroatoms. The third-order valence-electron chi connectivity index (χ3n) is 2.20. The largest absolute Gasteiger partial charge is 0.481 e. The van der Waals surface area contributed by atoms with Gasteiger partial charge in [0.05, 0.1) is 0 Å². The summed E-state index contributed by atoms with van der Waals surface area (Å²) in [5.74, 6) is 0. The molecule has 0 aliphatic carbocycles. The highest BCUT2D eigenvalue weighted by molar-refractivity contribution is 5.50. The molecule has 0 radical (unpaired) electrons. The number of hydrogen-bond acceptors (Lipinski definition) is 3. The third-order valence-corrected chi connectivity index (χ3v) is 2.20. The summed E-state index contributed by atoms with van der Waals surface area (Å²) < 4.78 is 5.11. The van der Waals surface area contributed by atoms with E-state index in [1.807, 2.05) is 0 Å². The first-order valence-electron chi connectivity index (χ1n) is 3.77. The van der Waals surface area contributed by atoms with Gasteiger partial charge in [0, 0.05) is 6.54 Å². The minimum absolute atomic E-state index is 0.109. The van der Waals surface area contributed by atoms with Crippen molar-refractivity contribution >= 4 is 6.40 Å². The maximum atomic E-state index is 5.11. The Morgan fingerprint density at radius 3 is 3.20 bits per heavy atom. The summed E-state index contributed by atoms with van der Waals surface area (Å²) in [6.45, 7) is 2.90. The Labute approximate surface area is 60.5 Å². The molecule has 0 amide bonds. The fourth-order valence-electron chi connectivity index (χ4n) is 1.56. The van der Waals surface area contributed by atoms with Gasteiger partial charge in [0.1, 0.15) is 12.1 Å². The highest BCUT2D eigenvalue weighted by Crippen LogP contribution is 2.23. The van der Waals surface area contributed by atoms with Gasteiger partial charge >= 0.3 is 0 Å². The lowest BCUT2D eigenvalue weighted by Crippen LogP contribution is -2.45. The van der Waals surface area contributed by atoms with Crippen molar-refractivity contribution in [2.75, 3.05) is 19.7 Å². The van der Waals surface area contributed by atoms with Gasteiger partial charge in [0.15, 0.2) is 6.40 Å². The molecule has 2 heterocycles. The van der Waals surface area contributed by atoms with E-state index in [1.165, 1.54) is 12.8 Å². The number of nitrogens with one attached hydrogen (secondary N) is 1. The smallest absolute Gasteiger partial charge is 0.170 e. The van der Waals surface area contributed by atoms with Gasteiger partial charge in [-0.05, 0) is 19.4 Å². The molecule has 0 aromatic carbocycles. The lowest BCUT2D eigenvalue weighted by molar-refractivity contribution is 0.222. The van der Waals surface area contributed by atoms with Crippen LogP contribution in [0.2, 0.25) is 0 Å². The predicted molar refractivity (Wildman–Crippen MR) is 39.3 cm³/mol. The lowest BCUT2D eigenvalue weighted by atomic mass is 9.92. The van der Waals surface area contributed by atoms with Crippen molar-refractivity contribution in [3.05, 3.63) is 0 Å². The quantitative estimate of drug-likeness (QED) is 0.520. The van der Waals surface area contributed by atoms with E-state index in [4.69, 9.17) is 4.74 Å². The fourth-order valence-corrected chi connectivity index (χ4v) is 1.56. The second-order valence-corrected chi connectivity index (χ2v) is 3.05. The Balaban J connectivity index is 2.05. The second-order valence-electron chi connectivity index (χ2n) is 3.05. The molecule has 56 valence electrons. The summed E-state index contributed by atoms with van der Waals surface area (Å²) in [7, 11) is 0. The van der Waals surface area contributed by atoms with Crippen molar-refractivity contribution in [3.63, 3.8) is 0 Å². The zero-order valence-electron chi connectivity index (χ0n) is 5.97. The van der Waals surface area contributed by atoms with E-state index in [0.717, 1.165) is 19.7 Å². The van der Waals surface area contributed by atoms with Crippen molar-refractivity contribution in [2.24, 2.45) is 4.99 Å². The summed E-state index contributed by atoms with van der Waals surface area (Å²) >= 11 is 0. The van der Waals surface area contributed by atoms with E-state index in [2.05, 4.69) is 10.3 Å². The summed E-state index contributed by atoms with van der Waals surface area (Å²) in [6.07, 6.45) is 3.99. The fraction of sp³-hybridized carbons (Fsp3) is 0.857. The SMILES string of the molecule is C1=NC2(CCCNC2)CO1. The van der Waals surface area contributed by atoms with Crippen molar-refractivity contribution in [3.8, 4) is 0 Å². The zero-order valence-corrected chi connectivity index (χ0v) is 5.97. The number of ether oxygens (including phenoxy) is 1.